The summed E-state index contributed by atoms with van der Waals surface area (Å²) in [5.74, 6) is 0.312. The highest BCUT2D eigenvalue weighted by molar-refractivity contribution is 5.94. The Morgan fingerprint density at radius 2 is 1.80 bits per heavy atom. The number of nitrogens with one attached hydrogen (secondary N) is 1. The molecule has 1 saturated heterocycles. The maximum Gasteiger partial charge on any atom is 0.252 e. The third-order valence-electron chi connectivity index (χ3n) is 4.77. The van der Waals surface area contributed by atoms with Crippen LogP contribution in [0.15, 0.2) is 48.7 Å². The van der Waals surface area contributed by atoms with Crippen LogP contribution in [-0.2, 0) is 0 Å². The normalized spacial score (nSPS) is 16.8. The first kappa shape index (κ1) is 17.4. The molecule has 1 unspecified atom stereocenters. The molecular weight excluding hydrogens is 312 g/mol. The molecule has 25 heavy (non-hydrogen) atoms. The summed E-state index contributed by atoms with van der Waals surface area (Å²) in [6.07, 6.45) is 6.55. The molecule has 1 aromatic carbocycles. The number of nitrogens with two attached hydrogens (primary N) is 1. The lowest BCUT2D eigenvalue weighted by Gasteiger charge is -2.31. The summed E-state index contributed by atoms with van der Waals surface area (Å²) in [7, 11) is 0. The molecule has 2 aromatic rings. The zero-order valence-electron chi connectivity index (χ0n) is 14.5. The quantitative estimate of drug-likeness (QED) is 0.879. The Kier molecular flexibility index (Phi) is 6.01. The zero-order chi connectivity index (χ0) is 17.5. The van der Waals surface area contributed by atoms with Crippen molar-refractivity contribution in [3.8, 4) is 0 Å². The van der Waals surface area contributed by atoms with E-state index in [0.717, 1.165) is 13.1 Å². The number of hydrogen-bond acceptors (Lipinski definition) is 4. The van der Waals surface area contributed by atoms with Gasteiger partial charge in [0.05, 0.1) is 11.6 Å². The molecule has 0 radical (unpaired) electrons. The van der Waals surface area contributed by atoms with E-state index in [1.165, 1.54) is 37.4 Å². The third-order valence-corrected chi connectivity index (χ3v) is 4.77. The fraction of sp³-hybridized carbons (Fsp3) is 0.400. The highest BCUT2D eigenvalue weighted by Crippen LogP contribution is 2.23. The molecule has 1 amide bonds. The van der Waals surface area contributed by atoms with Gasteiger partial charge in [-0.15, -0.1) is 0 Å². The predicted molar refractivity (Wildman–Crippen MR) is 100 cm³/mol. The number of carbonyl (C=O) groups excluding carboxylic acids is 1. The number of benzene rings is 1. The van der Waals surface area contributed by atoms with E-state index in [1.54, 1.807) is 12.1 Å². The van der Waals surface area contributed by atoms with Crippen molar-refractivity contribution in [1.29, 1.82) is 0 Å². The largest absolute Gasteiger partial charge is 0.384 e. The number of anilines is 1. The number of nitrogen functional groups attached to an aromatic ring is 1. The van der Waals surface area contributed by atoms with Crippen LogP contribution >= 0.6 is 0 Å². The number of amides is 1. The van der Waals surface area contributed by atoms with Gasteiger partial charge in [-0.2, -0.15) is 0 Å². The SMILES string of the molecule is Nc1ccc(C(=O)NCC(c2ccccc2)N2CCCCCC2)cn1. The molecule has 3 N–H and O–H groups in total. The minimum atomic E-state index is -0.108. The van der Waals surface area contributed by atoms with Crippen molar-refractivity contribution in [2.24, 2.45) is 0 Å². The van der Waals surface area contributed by atoms with Crippen molar-refractivity contribution in [1.82, 2.24) is 15.2 Å². The maximum atomic E-state index is 12.4. The molecule has 1 aliphatic rings. The molecule has 0 spiro atoms. The summed E-state index contributed by atoms with van der Waals surface area (Å²) in [4.78, 5) is 18.9. The highest BCUT2D eigenvalue weighted by atomic mass is 16.1. The Balaban J connectivity index is 1.71. The van der Waals surface area contributed by atoms with Crippen molar-refractivity contribution in [3.63, 3.8) is 0 Å². The van der Waals surface area contributed by atoms with Crippen molar-refractivity contribution >= 4 is 11.7 Å². The van der Waals surface area contributed by atoms with Crippen LogP contribution in [0.3, 0.4) is 0 Å². The number of pyridine rings is 1. The van der Waals surface area contributed by atoms with Gasteiger partial charge >= 0.3 is 0 Å². The van der Waals surface area contributed by atoms with Crippen LogP contribution in [0.25, 0.3) is 0 Å². The lowest BCUT2D eigenvalue weighted by Crippen LogP contribution is -2.38. The zero-order valence-corrected chi connectivity index (χ0v) is 14.5. The first-order chi connectivity index (χ1) is 12.2. The summed E-state index contributed by atoms with van der Waals surface area (Å²) in [5, 5.41) is 3.07. The number of carbonyl (C=O) groups is 1. The molecule has 132 valence electrons. The van der Waals surface area contributed by atoms with Crippen molar-refractivity contribution in [2.45, 2.75) is 31.7 Å². The highest BCUT2D eigenvalue weighted by Gasteiger charge is 2.22. The standard InChI is InChI=1S/C20H26N4O/c21-19-11-10-17(14-22-19)20(25)23-15-18(16-8-4-3-5-9-16)24-12-6-1-2-7-13-24/h3-5,8-11,14,18H,1-2,6-7,12-13,15H2,(H2,21,22)(H,23,25). The van der Waals surface area contributed by atoms with E-state index < -0.39 is 0 Å². The molecule has 1 fully saturated rings. The van der Waals surface area contributed by atoms with Crippen molar-refractivity contribution < 1.29 is 4.79 Å². The van der Waals surface area contributed by atoms with E-state index >= 15 is 0 Å². The second-order valence-corrected chi connectivity index (χ2v) is 6.56. The Hall–Kier alpha value is -2.40. The second-order valence-electron chi connectivity index (χ2n) is 6.56. The first-order valence-electron chi connectivity index (χ1n) is 9.03. The molecule has 3 rings (SSSR count). The second kappa shape index (κ2) is 8.62. The molecule has 0 bridgehead atoms. The van der Waals surface area contributed by atoms with Crippen LogP contribution in [0.4, 0.5) is 5.82 Å². The number of rotatable bonds is 5. The average Bonchev–Trinajstić information content (AvgIpc) is 2.93. The first-order valence-corrected chi connectivity index (χ1v) is 9.03. The Bertz CT molecular complexity index is 664. The number of hydrogen-bond donors (Lipinski definition) is 2. The Morgan fingerprint density at radius 3 is 2.44 bits per heavy atom. The molecular formula is C20H26N4O. The van der Waals surface area contributed by atoms with Gasteiger partial charge in [-0.25, -0.2) is 4.98 Å². The Morgan fingerprint density at radius 1 is 1.08 bits per heavy atom. The summed E-state index contributed by atoms with van der Waals surface area (Å²) in [6, 6.07) is 14.0. The van der Waals surface area contributed by atoms with Crippen molar-refractivity contribution in [3.05, 3.63) is 59.8 Å². The lowest BCUT2D eigenvalue weighted by molar-refractivity contribution is 0.0933. The van der Waals surface area contributed by atoms with Gasteiger partial charge in [0.25, 0.3) is 5.91 Å². The van der Waals surface area contributed by atoms with Crippen LogP contribution in [0.5, 0.6) is 0 Å². The van der Waals surface area contributed by atoms with Gasteiger partial charge < -0.3 is 11.1 Å². The summed E-state index contributed by atoms with van der Waals surface area (Å²) in [5.41, 5.74) is 7.38. The minimum absolute atomic E-state index is 0.108. The molecule has 5 nitrogen and oxygen atoms in total. The molecule has 2 heterocycles. The molecule has 1 aromatic heterocycles. The fourth-order valence-electron chi connectivity index (χ4n) is 3.37. The van der Waals surface area contributed by atoms with E-state index in [-0.39, 0.29) is 11.9 Å². The van der Waals surface area contributed by atoms with Gasteiger partial charge in [0.2, 0.25) is 0 Å². The number of nitrogens with zero attached hydrogens (tertiary/aromatic N) is 2. The average molecular weight is 338 g/mol. The molecule has 1 aliphatic heterocycles. The number of aromatic nitrogens is 1. The topological polar surface area (TPSA) is 71.2 Å². The van der Waals surface area contributed by atoms with Crippen LogP contribution in [-0.4, -0.2) is 35.4 Å². The van der Waals surface area contributed by atoms with Gasteiger partial charge in [0.1, 0.15) is 5.82 Å². The lowest BCUT2D eigenvalue weighted by atomic mass is 10.0. The van der Waals surface area contributed by atoms with Crippen LogP contribution in [0.1, 0.15) is 47.6 Å². The summed E-state index contributed by atoms with van der Waals surface area (Å²) < 4.78 is 0. The van der Waals surface area contributed by atoms with Gasteiger partial charge in [0.15, 0.2) is 0 Å². The maximum absolute atomic E-state index is 12.4. The van der Waals surface area contributed by atoms with E-state index in [4.69, 9.17) is 5.73 Å². The molecule has 0 aliphatic carbocycles. The molecule has 5 heteroatoms. The van der Waals surface area contributed by atoms with E-state index in [2.05, 4.69) is 39.5 Å². The van der Waals surface area contributed by atoms with Gasteiger partial charge in [-0.05, 0) is 43.6 Å². The number of likely N-dealkylation sites (tertiary alicyclic amines) is 1. The van der Waals surface area contributed by atoms with E-state index in [9.17, 15) is 4.79 Å². The minimum Gasteiger partial charge on any atom is -0.384 e. The molecule has 1 atom stereocenters. The summed E-state index contributed by atoms with van der Waals surface area (Å²) in [6.45, 7) is 2.75. The van der Waals surface area contributed by atoms with E-state index in [1.807, 2.05) is 6.07 Å². The van der Waals surface area contributed by atoms with Crippen LogP contribution in [0.2, 0.25) is 0 Å². The van der Waals surface area contributed by atoms with Gasteiger partial charge in [-0.3, -0.25) is 9.69 Å². The van der Waals surface area contributed by atoms with E-state index in [0.29, 0.717) is 17.9 Å². The van der Waals surface area contributed by atoms with Crippen LogP contribution < -0.4 is 11.1 Å². The Labute approximate surface area is 149 Å². The van der Waals surface area contributed by atoms with Crippen LogP contribution in [0, 0.1) is 0 Å². The smallest absolute Gasteiger partial charge is 0.252 e. The van der Waals surface area contributed by atoms with Gasteiger partial charge in [-0.1, -0.05) is 43.2 Å². The summed E-state index contributed by atoms with van der Waals surface area (Å²) >= 11 is 0. The van der Waals surface area contributed by atoms with Crippen molar-refractivity contribution in [2.75, 3.05) is 25.4 Å². The monoisotopic (exact) mass is 338 g/mol. The molecule has 0 saturated carbocycles. The predicted octanol–water partition coefficient (Wildman–Crippen LogP) is 3.01. The van der Waals surface area contributed by atoms with Gasteiger partial charge in [0, 0.05) is 12.7 Å². The third kappa shape index (κ3) is 4.79. The fourth-order valence-corrected chi connectivity index (χ4v) is 3.37.